The minimum atomic E-state index is -0.00225. The summed E-state index contributed by atoms with van der Waals surface area (Å²) < 4.78 is 7.37. The lowest BCUT2D eigenvalue weighted by Crippen LogP contribution is -2.31. The zero-order chi connectivity index (χ0) is 17.9. The van der Waals surface area contributed by atoms with Crippen molar-refractivity contribution in [3.63, 3.8) is 0 Å². The Bertz CT molecular complexity index is 921. The first kappa shape index (κ1) is 16.6. The number of methoxy groups -OCH3 is 1. The number of likely N-dealkylation sites (tertiary alicyclic amines) is 1. The van der Waals surface area contributed by atoms with Crippen LogP contribution in [0, 0.1) is 0 Å². The maximum atomic E-state index is 12.9. The number of aromatic nitrogens is 3. The topological polar surface area (TPSA) is 59.7 Å². The number of para-hydroxylation sites is 1. The molecule has 0 N–H and O–H groups in total. The number of ether oxygens (including phenoxy) is 1. The molecule has 1 aromatic carbocycles. The fraction of sp³-hybridized carbons (Fsp3) is 0.350. The molecular formula is C20H22N4O2. The zero-order valence-electron chi connectivity index (χ0n) is 14.8. The molecule has 26 heavy (non-hydrogen) atoms. The molecule has 3 heterocycles. The van der Waals surface area contributed by atoms with Crippen molar-refractivity contribution >= 4 is 11.6 Å². The number of hydrogen-bond donors (Lipinski definition) is 0. The third-order valence-electron chi connectivity index (χ3n) is 5.01. The Morgan fingerprint density at radius 2 is 2.04 bits per heavy atom. The molecule has 4 rings (SSSR count). The molecule has 1 aliphatic heterocycles. The SMILES string of the molecule is COc1ccccc1CCC(=O)N1CCCC1c1nnc2ccccn12. The summed E-state index contributed by atoms with van der Waals surface area (Å²) in [7, 11) is 1.66. The Balaban J connectivity index is 1.50. The molecule has 3 aromatic rings. The van der Waals surface area contributed by atoms with Gasteiger partial charge < -0.3 is 9.64 Å². The highest BCUT2D eigenvalue weighted by molar-refractivity contribution is 5.77. The van der Waals surface area contributed by atoms with E-state index in [1.165, 1.54) is 0 Å². The van der Waals surface area contributed by atoms with Crippen LogP contribution < -0.4 is 4.74 Å². The number of carbonyl (C=O) groups is 1. The first-order chi connectivity index (χ1) is 12.8. The van der Waals surface area contributed by atoms with Crippen LogP contribution in [0.1, 0.15) is 36.7 Å². The van der Waals surface area contributed by atoms with E-state index in [1.54, 1.807) is 7.11 Å². The third kappa shape index (κ3) is 3.03. The highest BCUT2D eigenvalue weighted by Crippen LogP contribution is 2.32. The van der Waals surface area contributed by atoms with Crippen LogP contribution in [0.3, 0.4) is 0 Å². The van der Waals surface area contributed by atoms with E-state index < -0.39 is 0 Å². The van der Waals surface area contributed by atoms with Gasteiger partial charge >= 0.3 is 0 Å². The second-order valence-electron chi connectivity index (χ2n) is 6.54. The molecular weight excluding hydrogens is 328 g/mol. The Labute approximate surface area is 152 Å². The Morgan fingerprint density at radius 3 is 2.92 bits per heavy atom. The van der Waals surface area contributed by atoms with Crippen LogP contribution in [0.15, 0.2) is 48.7 Å². The van der Waals surface area contributed by atoms with Gasteiger partial charge in [-0.25, -0.2) is 0 Å². The van der Waals surface area contributed by atoms with Crippen LogP contribution in [0.25, 0.3) is 5.65 Å². The van der Waals surface area contributed by atoms with Gasteiger partial charge in [0.25, 0.3) is 0 Å². The molecule has 0 spiro atoms. The zero-order valence-corrected chi connectivity index (χ0v) is 14.8. The van der Waals surface area contributed by atoms with Gasteiger partial charge in [-0.05, 0) is 43.0 Å². The van der Waals surface area contributed by atoms with E-state index in [-0.39, 0.29) is 11.9 Å². The van der Waals surface area contributed by atoms with E-state index in [4.69, 9.17) is 4.74 Å². The minimum absolute atomic E-state index is 0.00225. The molecule has 1 fully saturated rings. The molecule has 6 nitrogen and oxygen atoms in total. The first-order valence-electron chi connectivity index (χ1n) is 8.99. The lowest BCUT2D eigenvalue weighted by atomic mass is 10.1. The van der Waals surface area contributed by atoms with Gasteiger partial charge in [-0.1, -0.05) is 24.3 Å². The van der Waals surface area contributed by atoms with Crippen molar-refractivity contribution in [3.8, 4) is 5.75 Å². The largest absolute Gasteiger partial charge is 0.496 e. The van der Waals surface area contributed by atoms with Crippen LogP contribution in [0.2, 0.25) is 0 Å². The van der Waals surface area contributed by atoms with Crippen LogP contribution in [0.5, 0.6) is 5.75 Å². The van der Waals surface area contributed by atoms with Crippen molar-refractivity contribution in [2.75, 3.05) is 13.7 Å². The summed E-state index contributed by atoms with van der Waals surface area (Å²) in [6, 6.07) is 13.7. The molecule has 0 aliphatic carbocycles. The number of hydrogen-bond acceptors (Lipinski definition) is 4. The second-order valence-corrected chi connectivity index (χ2v) is 6.54. The Morgan fingerprint density at radius 1 is 1.19 bits per heavy atom. The van der Waals surface area contributed by atoms with Gasteiger partial charge in [-0.2, -0.15) is 0 Å². The second kappa shape index (κ2) is 7.15. The molecule has 0 radical (unpaired) electrons. The van der Waals surface area contributed by atoms with Gasteiger partial charge in [-0.3, -0.25) is 9.20 Å². The maximum Gasteiger partial charge on any atom is 0.223 e. The molecule has 0 bridgehead atoms. The van der Waals surface area contributed by atoms with E-state index in [1.807, 2.05) is 58.0 Å². The standard InChI is InChI=1S/C20H22N4O2/c1-26-17-9-3-2-7-15(17)11-12-19(25)23-14-6-8-16(23)20-22-21-18-10-4-5-13-24(18)20/h2-5,7,9-10,13,16H,6,8,11-12,14H2,1H3. The van der Waals surface area contributed by atoms with Crippen molar-refractivity contribution in [1.82, 2.24) is 19.5 Å². The van der Waals surface area contributed by atoms with Gasteiger partial charge in [0.1, 0.15) is 5.75 Å². The number of amides is 1. The van der Waals surface area contributed by atoms with E-state index >= 15 is 0 Å². The molecule has 2 aromatic heterocycles. The molecule has 0 saturated carbocycles. The summed E-state index contributed by atoms with van der Waals surface area (Å²) in [5.41, 5.74) is 1.88. The Kier molecular flexibility index (Phi) is 4.56. The number of benzene rings is 1. The van der Waals surface area contributed by atoms with Crippen molar-refractivity contribution in [2.45, 2.75) is 31.7 Å². The van der Waals surface area contributed by atoms with E-state index in [0.717, 1.165) is 42.2 Å². The Hall–Kier alpha value is -2.89. The van der Waals surface area contributed by atoms with Crippen LogP contribution in [0.4, 0.5) is 0 Å². The highest BCUT2D eigenvalue weighted by atomic mass is 16.5. The third-order valence-corrected chi connectivity index (χ3v) is 5.01. The number of rotatable bonds is 5. The van der Waals surface area contributed by atoms with Crippen LogP contribution in [-0.2, 0) is 11.2 Å². The molecule has 1 amide bonds. The summed E-state index contributed by atoms with van der Waals surface area (Å²) >= 11 is 0. The molecule has 134 valence electrons. The summed E-state index contributed by atoms with van der Waals surface area (Å²) in [6.45, 7) is 0.775. The summed E-state index contributed by atoms with van der Waals surface area (Å²) in [4.78, 5) is 14.8. The summed E-state index contributed by atoms with van der Waals surface area (Å²) in [5.74, 6) is 1.84. The van der Waals surface area contributed by atoms with Gasteiger partial charge in [0.05, 0.1) is 13.2 Å². The van der Waals surface area contributed by atoms with Gasteiger partial charge in [-0.15, -0.1) is 10.2 Å². The monoisotopic (exact) mass is 350 g/mol. The van der Waals surface area contributed by atoms with Gasteiger partial charge in [0.15, 0.2) is 11.5 Å². The van der Waals surface area contributed by atoms with Gasteiger partial charge in [0, 0.05) is 19.2 Å². The molecule has 1 atom stereocenters. The van der Waals surface area contributed by atoms with Crippen molar-refractivity contribution in [2.24, 2.45) is 0 Å². The number of carbonyl (C=O) groups excluding carboxylic acids is 1. The molecule has 1 aliphatic rings. The molecule has 1 unspecified atom stereocenters. The minimum Gasteiger partial charge on any atom is -0.496 e. The average Bonchev–Trinajstić information content (AvgIpc) is 3.32. The van der Waals surface area contributed by atoms with Gasteiger partial charge in [0.2, 0.25) is 5.91 Å². The fourth-order valence-corrected chi connectivity index (χ4v) is 3.72. The lowest BCUT2D eigenvalue weighted by Gasteiger charge is -2.23. The summed E-state index contributed by atoms with van der Waals surface area (Å²) in [6.07, 6.45) is 5.02. The normalized spacial score (nSPS) is 17.0. The van der Waals surface area contributed by atoms with E-state index in [0.29, 0.717) is 12.8 Å². The highest BCUT2D eigenvalue weighted by Gasteiger charge is 2.32. The number of fused-ring (bicyclic) bond motifs is 1. The van der Waals surface area contributed by atoms with Crippen molar-refractivity contribution in [3.05, 3.63) is 60.0 Å². The van der Waals surface area contributed by atoms with Crippen LogP contribution >= 0.6 is 0 Å². The number of nitrogens with zero attached hydrogens (tertiary/aromatic N) is 4. The maximum absolute atomic E-state index is 12.9. The lowest BCUT2D eigenvalue weighted by molar-refractivity contribution is -0.132. The fourth-order valence-electron chi connectivity index (χ4n) is 3.72. The average molecular weight is 350 g/mol. The van der Waals surface area contributed by atoms with Crippen molar-refractivity contribution in [1.29, 1.82) is 0 Å². The summed E-state index contributed by atoms with van der Waals surface area (Å²) in [5, 5.41) is 8.59. The predicted octanol–water partition coefficient (Wildman–Crippen LogP) is 3.03. The quantitative estimate of drug-likeness (QED) is 0.710. The molecule has 1 saturated heterocycles. The number of aryl methyl sites for hydroxylation is 1. The van der Waals surface area contributed by atoms with Crippen LogP contribution in [-0.4, -0.2) is 39.1 Å². The van der Waals surface area contributed by atoms with E-state index in [2.05, 4.69) is 10.2 Å². The number of pyridine rings is 1. The van der Waals surface area contributed by atoms with E-state index in [9.17, 15) is 4.79 Å². The molecule has 6 heteroatoms. The first-order valence-corrected chi connectivity index (χ1v) is 8.99. The van der Waals surface area contributed by atoms with Crippen molar-refractivity contribution < 1.29 is 9.53 Å². The smallest absolute Gasteiger partial charge is 0.223 e. The predicted molar refractivity (Wildman–Crippen MR) is 98.0 cm³/mol.